The summed E-state index contributed by atoms with van der Waals surface area (Å²) in [6.07, 6.45) is 0. The van der Waals surface area contributed by atoms with Crippen LogP contribution in [0.2, 0.25) is 4.34 Å². The van der Waals surface area contributed by atoms with Crippen LogP contribution in [0.4, 0.5) is 5.69 Å². The molecule has 0 aliphatic heterocycles. The van der Waals surface area contributed by atoms with Crippen LogP contribution >= 0.6 is 22.9 Å². The Kier molecular flexibility index (Phi) is 4.98. The van der Waals surface area contributed by atoms with Gasteiger partial charge in [0.05, 0.1) is 14.8 Å². The van der Waals surface area contributed by atoms with E-state index in [2.05, 4.69) is 0 Å². The number of halogens is 1. The van der Waals surface area contributed by atoms with Gasteiger partial charge in [-0.15, -0.1) is 11.3 Å². The molecule has 0 bridgehead atoms. The fraction of sp³-hybridized carbons (Fsp3) is 0.200. The predicted molar refractivity (Wildman–Crippen MR) is 84.7 cm³/mol. The number of nitrogens with zero attached hydrogens (tertiary/aromatic N) is 1. The van der Waals surface area contributed by atoms with Crippen LogP contribution in [0.25, 0.3) is 0 Å². The first kappa shape index (κ1) is 15.5. The molecule has 4 nitrogen and oxygen atoms in total. The summed E-state index contributed by atoms with van der Waals surface area (Å²) < 4.78 is 5.58. The quantitative estimate of drug-likeness (QED) is 0.624. The number of carbonyl (C=O) groups is 2. The standard InChI is InChI=1S/C15H14ClNO3S/c1-17(2)11-5-3-4-10(8-11)15(19)20-9-12(18)13-6-7-14(16)21-13/h3-8H,9H2,1-2H3. The van der Waals surface area contributed by atoms with Gasteiger partial charge in [0.2, 0.25) is 5.78 Å². The van der Waals surface area contributed by atoms with Gasteiger partial charge < -0.3 is 9.64 Å². The summed E-state index contributed by atoms with van der Waals surface area (Å²) in [4.78, 5) is 26.1. The summed E-state index contributed by atoms with van der Waals surface area (Å²) in [6.45, 7) is -0.290. The van der Waals surface area contributed by atoms with Crippen molar-refractivity contribution in [2.24, 2.45) is 0 Å². The fourth-order valence-electron chi connectivity index (χ4n) is 1.66. The highest BCUT2D eigenvalue weighted by Gasteiger charge is 2.14. The van der Waals surface area contributed by atoms with E-state index in [-0.39, 0.29) is 12.4 Å². The van der Waals surface area contributed by atoms with Gasteiger partial charge >= 0.3 is 5.97 Å². The maximum absolute atomic E-state index is 11.9. The summed E-state index contributed by atoms with van der Waals surface area (Å²) in [5.41, 5.74) is 1.30. The van der Waals surface area contributed by atoms with Crippen molar-refractivity contribution in [1.29, 1.82) is 0 Å². The Labute approximate surface area is 131 Å². The van der Waals surface area contributed by atoms with Gasteiger partial charge in [-0.1, -0.05) is 17.7 Å². The van der Waals surface area contributed by atoms with Crippen molar-refractivity contribution in [1.82, 2.24) is 0 Å². The van der Waals surface area contributed by atoms with Gasteiger partial charge in [-0.2, -0.15) is 0 Å². The van der Waals surface area contributed by atoms with Gasteiger partial charge in [-0.3, -0.25) is 4.79 Å². The van der Waals surface area contributed by atoms with Crippen molar-refractivity contribution in [3.63, 3.8) is 0 Å². The van der Waals surface area contributed by atoms with Gasteiger partial charge in [0.25, 0.3) is 0 Å². The largest absolute Gasteiger partial charge is 0.454 e. The van der Waals surface area contributed by atoms with Crippen molar-refractivity contribution in [3.05, 3.63) is 51.2 Å². The Morgan fingerprint density at radius 3 is 2.62 bits per heavy atom. The Bertz CT molecular complexity index is 666. The number of Topliss-reactive ketones (excluding diaryl/α,β-unsaturated/α-hetero) is 1. The second-order valence-electron chi connectivity index (χ2n) is 4.55. The molecular formula is C15H14ClNO3S. The molecule has 0 amide bonds. The Morgan fingerprint density at radius 2 is 2.00 bits per heavy atom. The van der Waals surface area contributed by atoms with Crippen molar-refractivity contribution >= 4 is 40.4 Å². The molecule has 0 spiro atoms. The number of thiophene rings is 1. The van der Waals surface area contributed by atoms with Crippen LogP contribution in [0, 0.1) is 0 Å². The van der Waals surface area contributed by atoms with Crippen molar-refractivity contribution < 1.29 is 14.3 Å². The van der Waals surface area contributed by atoms with E-state index in [0.29, 0.717) is 14.8 Å². The molecule has 0 fully saturated rings. The number of hydrogen-bond acceptors (Lipinski definition) is 5. The fourth-order valence-corrected chi connectivity index (χ4v) is 2.63. The van der Waals surface area contributed by atoms with Crippen molar-refractivity contribution in [2.45, 2.75) is 0 Å². The van der Waals surface area contributed by atoms with Crippen molar-refractivity contribution in [2.75, 3.05) is 25.6 Å². The minimum Gasteiger partial charge on any atom is -0.454 e. The molecule has 0 saturated carbocycles. The van der Waals surface area contributed by atoms with E-state index in [1.807, 2.05) is 25.1 Å². The summed E-state index contributed by atoms with van der Waals surface area (Å²) >= 11 is 6.93. The Balaban J connectivity index is 1.98. The SMILES string of the molecule is CN(C)c1cccc(C(=O)OCC(=O)c2ccc(Cl)s2)c1. The third kappa shape index (κ3) is 4.06. The van der Waals surface area contributed by atoms with E-state index in [9.17, 15) is 9.59 Å². The third-order valence-electron chi connectivity index (χ3n) is 2.78. The molecule has 0 radical (unpaired) electrons. The zero-order valence-electron chi connectivity index (χ0n) is 11.6. The van der Waals surface area contributed by atoms with Gasteiger partial charge in [-0.25, -0.2) is 4.79 Å². The molecule has 0 atom stereocenters. The van der Waals surface area contributed by atoms with E-state index >= 15 is 0 Å². The monoisotopic (exact) mass is 323 g/mol. The van der Waals surface area contributed by atoms with E-state index in [0.717, 1.165) is 5.69 Å². The smallest absolute Gasteiger partial charge is 0.338 e. The molecular weight excluding hydrogens is 310 g/mol. The van der Waals surface area contributed by atoms with Crippen molar-refractivity contribution in [3.8, 4) is 0 Å². The summed E-state index contributed by atoms with van der Waals surface area (Å²) in [6, 6.07) is 10.3. The van der Waals surface area contributed by atoms with Gasteiger partial charge in [-0.05, 0) is 30.3 Å². The van der Waals surface area contributed by atoms with E-state index < -0.39 is 5.97 Å². The highest BCUT2D eigenvalue weighted by molar-refractivity contribution is 7.18. The molecule has 1 aromatic heterocycles. The van der Waals surface area contributed by atoms with Gasteiger partial charge in [0, 0.05) is 19.8 Å². The maximum Gasteiger partial charge on any atom is 0.338 e. The zero-order valence-corrected chi connectivity index (χ0v) is 13.2. The maximum atomic E-state index is 11.9. The lowest BCUT2D eigenvalue weighted by atomic mass is 10.2. The lowest BCUT2D eigenvalue weighted by Gasteiger charge is -2.13. The van der Waals surface area contributed by atoms with E-state index in [4.69, 9.17) is 16.3 Å². The summed E-state index contributed by atoms with van der Waals surface area (Å²) in [5.74, 6) is -0.779. The Hall–Kier alpha value is -1.85. The molecule has 0 unspecified atom stereocenters. The summed E-state index contributed by atoms with van der Waals surface area (Å²) in [7, 11) is 3.77. The number of ketones is 1. The first-order valence-corrected chi connectivity index (χ1v) is 7.40. The second kappa shape index (κ2) is 6.74. The molecule has 0 saturated heterocycles. The molecule has 2 aromatic rings. The Morgan fingerprint density at radius 1 is 1.24 bits per heavy atom. The number of esters is 1. The van der Waals surface area contributed by atoms with E-state index in [1.165, 1.54) is 11.3 Å². The number of benzene rings is 1. The lowest BCUT2D eigenvalue weighted by Crippen LogP contribution is -2.14. The molecule has 1 heterocycles. The highest BCUT2D eigenvalue weighted by Crippen LogP contribution is 2.22. The van der Waals surface area contributed by atoms with Crippen LogP contribution in [0.5, 0.6) is 0 Å². The highest BCUT2D eigenvalue weighted by atomic mass is 35.5. The van der Waals surface area contributed by atoms with Crippen LogP contribution in [0.3, 0.4) is 0 Å². The normalized spacial score (nSPS) is 10.2. The minimum atomic E-state index is -0.519. The van der Waals surface area contributed by atoms with Crippen LogP contribution in [0.15, 0.2) is 36.4 Å². The number of anilines is 1. The second-order valence-corrected chi connectivity index (χ2v) is 6.26. The zero-order chi connectivity index (χ0) is 15.4. The van der Waals surface area contributed by atoms with Crippen LogP contribution in [0.1, 0.15) is 20.0 Å². The number of ether oxygens (including phenoxy) is 1. The topological polar surface area (TPSA) is 46.6 Å². The minimum absolute atomic E-state index is 0.260. The van der Waals surface area contributed by atoms with E-state index in [1.54, 1.807) is 30.3 Å². The molecule has 6 heteroatoms. The van der Waals surface area contributed by atoms with Gasteiger partial charge in [0.15, 0.2) is 6.61 Å². The van der Waals surface area contributed by atoms with Crippen LogP contribution < -0.4 is 4.90 Å². The molecule has 1 aromatic carbocycles. The first-order chi connectivity index (χ1) is 9.97. The lowest BCUT2D eigenvalue weighted by molar-refractivity contribution is 0.0476. The molecule has 21 heavy (non-hydrogen) atoms. The molecule has 110 valence electrons. The van der Waals surface area contributed by atoms with Gasteiger partial charge in [0.1, 0.15) is 0 Å². The predicted octanol–water partition coefficient (Wildman–Crippen LogP) is 3.51. The molecule has 0 aliphatic carbocycles. The first-order valence-electron chi connectivity index (χ1n) is 6.20. The number of carbonyl (C=O) groups excluding carboxylic acids is 2. The average molecular weight is 324 g/mol. The number of hydrogen-bond donors (Lipinski definition) is 0. The molecule has 0 N–H and O–H groups in total. The summed E-state index contributed by atoms with van der Waals surface area (Å²) in [5, 5.41) is 0. The number of rotatable bonds is 5. The average Bonchev–Trinajstić information content (AvgIpc) is 2.91. The molecule has 2 rings (SSSR count). The van der Waals surface area contributed by atoms with Crippen LogP contribution in [-0.2, 0) is 4.74 Å². The third-order valence-corrected chi connectivity index (χ3v) is 4.05. The van der Waals surface area contributed by atoms with Crippen LogP contribution in [-0.4, -0.2) is 32.5 Å². The molecule has 0 aliphatic rings.